The largest absolute Gasteiger partial charge is 0.459 e. The van der Waals surface area contributed by atoms with Crippen LogP contribution in [0.15, 0.2) is 0 Å². The van der Waals surface area contributed by atoms with Crippen molar-refractivity contribution >= 4 is 5.97 Å². The van der Waals surface area contributed by atoms with Gasteiger partial charge in [-0.1, -0.05) is 0 Å². The number of halogens is 6. The zero-order chi connectivity index (χ0) is 16.4. The van der Waals surface area contributed by atoms with Crippen molar-refractivity contribution in [1.29, 1.82) is 0 Å². The van der Waals surface area contributed by atoms with Gasteiger partial charge in [-0.05, 0) is 34.2 Å². The molecule has 0 spiro atoms. The Bertz CT molecular complexity index is 317. The summed E-state index contributed by atoms with van der Waals surface area (Å²) in [5, 5.41) is 2.12. The summed E-state index contributed by atoms with van der Waals surface area (Å²) in [5.41, 5.74) is -1.00. The van der Waals surface area contributed by atoms with Crippen LogP contribution in [0, 0.1) is 5.92 Å². The van der Waals surface area contributed by atoms with Gasteiger partial charge < -0.3 is 10.1 Å². The summed E-state index contributed by atoms with van der Waals surface area (Å²) in [6.45, 7) is 4.38. The Balaban J connectivity index is 5.05. The average Bonchev–Trinajstić information content (AvgIpc) is 2.11. The lowest BCUT2D eigenvalue weighted by molar-refractivity contribution is -0.286. The molecule has 0 saturated carbocycles. The Labute approximate surface area is 112 Å². The number of carbonyl (C=O) groups is 1. The lowest BCUT2D eigenvalue weighted by Gasteiger charge is -2.28. The summed E-state index contributed by atoms with van der Waals surface area (Å²) in [5.74, 6) is -4.74. The van der Waals surface area contributed by atoms with Gasteiger partial charge in [-0.15, -0.1) is 0 Å². The van der Waals surface area contributed by atoms with E-state index in [1.54, 1.807) is 0 Å². The van der Waals surface area contributed by atoms with Gasteiger partial charge in [-0.25, -0.2) is 0 Å². The molecule has 0 aliphatic heterocycles. The van der Waals surface area contributed by atoms with Crippen molar-refractivity contribution < 1.29 is 35.9 Å². The molecule has 1 atom stereocenters. The van der Waals surface area contributed by atoms with Crippen molar-refractivity contribution in [3.63, 3.8) is 0 Å². The second-order valence-electron chi connectivity index (χ2n) is 5.25. The Morgan fingerprint density at radius 2 is 1.45 bits per heavy atom. The highest BCUT2D eigenvalue weighted by atomic mass is 19.4. The standard InChI is InChI=1S/C11H17F6NO2/c1-9(2,3)20-8(19)6(18-4)5-7(10(12,13)14)11(15,16)17/h6-7,18H,5H2,1-4H3. The topological polar surface area (TPSA) is 38.3 Å². The zero-order valence-corrected chi connectivity index (χ0v) is 11.4. The SMILES string of the molecule is CNC(CC(C(F)(F)F)C(F)(F)F)C(=O)OC(C)(C)C. The number of hydrogen-bond donors (Lipinski definition) is 1. The minimum atomic E-state index is -5.48. The Kier molecular flexibility index (Phi) is 5.89. The molecule has 0 heterocycles. The second-order valence-corrected chi connectivity index (χ2v) is 5.25. The molecule has 0 aliphatic carbocycles. The summed E-state index contributed by atoms with van der Waals surface area (Å²) in [4.78, 5) is 11.6. The van der Waals surface area contributed by atoms with E-state index in [0.29, 0.717) is 0 Å². The van der Waals surface area contributed by atoms with Gasteiger partial charge in [0.25, 0.3) is 0 Å². The fourth-order valence-corrected chi connectivity index (χ4v) is 1.39. The van der Waals surface area contributed by atoms with E-state index >= 15 is 0 Å². The summed E-state index contributed by atoms with van der Waals surface area (Å²) in [7, 11) is 1.10. The van der Waals surface area contributed by atoms with E-state index < -0.39 is 42.3 Å². The number of alkyl halides is 6. The van der Waals surface area contributed by atoms with E-state index in [-0.39, 0.29) is 0 Å². The maximum Gasteiger partial charge on any atom is 0.400 e. The number of carbonyl (C=O) groups excluding carboxylic acids is 1. The first-order valence-electron chi connectivity index (χ1n) is 5.72. The molecule has 0 saturated heterocycles. The van der Waals surface area contributed by atoms with Gasteiger partial charge in [0, 0.05) is 0 Å². The fraction of sp³-hybridized carbons (Fsp3) is 0.909. The lowest BCUT2D eigenvalue weighted by atomic mass is 9.98. The monoisotopic (exact) mass is 309 g/mol. The van der Waals surface area contributed by atoms with Crippen LogP contribution in [0.4, 0.5) is 26.3 Å². The molecular weight excluding hydrogens is 292 g/mol. The minimum absolute atomic E-state index is 1.00. The molecule has 1 unspecified atom stereocenters. The second kappa shape index (κ2) is 6.19. The van der Waals surface area contributed by atoms with E-state index in [4.69, 9.17) is 4.74 Å². The first kappa shape index (κ1) is 19.0. The molecule has 0 radical (unpaired) electrons. The van der Waals surface area contributed by atoms with Gasteiger partial charge in [0.1, 0.15) is 11.6 Å². The van der Waals surface area contributed by atoms with Gasteiger partial charge in [-0.2, -0.15) is 26.3 Å². The van der Waals surface area contributed by atoms with Crippen LogP contribution in [-0.2, 0) is 9.53 Å². The molecule has 0 bridgehead atoms. The highest BCUT2D eigenvalue weighted by Crippen LogP contribution is 2.42. The fourth-order valence-electron chi connectivity index (χ4n) is 1.39. The van der Waals surface area contributed by atoms with Crippen molar-refractivity contribution in [3.05, 3.63) is 0 Å². The normalized spacial score (nSPS) is 15.3. The number of likely N-dealkylation sites (N-methyl/N-ethyl adjacent to an activating group) is 1. The van der Waals surface area contributed by atoms with Crippen molar-refractivity contribution in [3.8, 4) is 0 Å². The van der Waals surface area contributed by atoms with Crippen LogP contribution < -0.4 is 5.32 Å². The highest BCUT2D eigenvalue weighted by Gasteiger charge is 2.57. The molecule has 0 amide bonds. The molecule has 0 rings (SSSR count). The summed E-state index contributed by atoms with van der Waals surface area (Å²) < 4.78 is 79.3. The number of rotatable bonds is 4. The molecule has 20 heavy (non-hydrogen) atoms. The molecule has 0 aromatic heterocycles. The van der Waals surface area contributed by atoms with Crippen LogP contribution >= 0.6 is 0 Å². The Hall–Kier alpha value is -0.990. The van der Waals surface area contributed by atoms with Gasteiger partial charge in [0.2, 0.25) is 0 Å². The number of ether oxygens (including phenoxy) is 1. The molecule has 9 heteroatoms. The van der Waals surface area contributed by atoms with E-state index in [1.807, 2.05) is 0 Å². The third kappa shape index (κ3) is 6.44. The number of esters is 1. The zero-order valence-electron chi connectivity index (χ0n) is 11.4. The van der Waals surface area contributed by atoms with Crippen LogP contribution in [0.5, 0.6) is 0 Å². The maximum atomic E-state index is 12.4. The summed E-state index contributed by atoms with van der Waals surface area (Å²) in [6.07, 6.45) is -12.4. The smallest absolute Gasteiger partial charge is 0.400 e. The molecular formula is C11H17F6NO2. The predicted molar refractivity (Wildman–Crippen MR) is 58.9 cm³/mol. The summed E-state index contributed by atoms with van der Waals surface area (Å²) in [6, 6.07) is -1.69. The summed E-state index contributed by atoms with van der Waals surface area (Å²) >= 11 is 0. The first-order chi connectivity index (χ1) is 8.68. The quantitative estimate of drug-likeness (QED) is 0.641. The molecule has 120 valence electrons. The Morgan fingerprint density at radius 1 is 1.05 bits per heavy atom. The van der Waals surface area contributed by atoms with E-state index in [2.05, 4.69) is 5.32 Å². The molecule has 0 aliphatic rings. The van der Waals surface area contributed by atoms with Crippen LogP contribution in [-0.4, -0.2) is 37.0 Å². The van der Waals surface area contributed by atoms with Crippen molar-refractivity contribution in [2.45, 2.75) is 51.2 Å². The molecule has 0 aromatic rings. The van der Waals surface area contributed by atoms with E-state index in [9.17, 15) is 31.1 Å². The average molecular weight is 309 g/mol. The van der Waals surface area contributed by atoms with Crippen molar-refractivity contribution in [1.82, 2.24) is 5.32 Å². The number of hydrogen-bond acceptors (Lipinski definition) is 3. The molecule has 0 fully saturated rings. The van der Waals surface area contributed by atoms with E-state index in [0.717, 1.165) is 7.05 Å². The molecule has 0 aromatic carbocycles. The van der Waals surface area contributed by atoms with Crippen molar-refractivity contribution in [2.24, 2.45) is 5.92 Å². The predicted octanol–water partition coefficient (Wildman–Crippen LogP) is 3.05. The third-order valence-corrected chi connectivity index (χ3v) is 2.30. The van der Waals surface area contributed by atoms with Crippen molar-refractivity contribution in [2.75, 3.05) is 7.05 Å². The van der Waals surface area contributed by atoms with Gasteiger partial charge in [-0.3, -0.25) is 4.79 Å². The van der Waals surface area contributed by atoms with Crippen LogP contribution in [0.1, 0.15) is 27.2 Å². The molecule has 3 nitrogen and oxygen atoms in total. The van der Waals surface area contributed by atoms with E-state index in [1.165, 1.54) is 20.8 Å². The highest BCUT2D eigenvalue weighted by molar-refractivity contribution is 5.76. The van der Waals surface area contributed by atoms with Crippen LogP contribution in [0.25, 0.3) is 0 Å². The van der Waals surface area contributed by atoms with Gasteiger partial charge in [0.15, 0.2) is 5.92 Å². The van der Waals surface area contributed by atoms with Gasteiger partial charge >= 0.3 is 18.3 Å². The number of nitrogens with one attached hydrogen (secondary N) is 1. The van der Waals surface area contributed by atoms with Crippen LogP contribution in [0.3, 0.4) is 0 Å². The molecule has 1 N–H and O–H groups in total. The van der Waals surface area contributed by atoms with Gasteiger partial charge in [0.05, 0.1) is 0 Å². The Morgan fingerprint density at radius 3 is 1.70 bits per heavy atom. The lowest BCUT2D eigenvalue weighted by Crippen LogP contribution is -2.46. The van der Waals surface area contributed by atoms with Crippen LogP contribution in [0.2, 0.25) is 0 Å². The maximum absolute atomic E-state index is 12.4. The third-order valence-electron chi connectivity index (χ3n) is 2.30. The minimum Gasteiger partial charge on any atom is -0.459 e. The first-order valence-corrected chi connectivity index (χ1v) is 5.72.